The van der Waals surface area contributed by atoms with Crippen molar-refractivity contribution in [3.05, 3.63) is 95.6 Å². The Kier molecular flexibility index (Phi) is 8.75. The van der Waals surface area contributed by atoms with Crippen LogP contribution < -0.4 is 10.2 Å². The van der Waals surface area contributed by atoms with E-state index in [0.29, 0.717) is 36.4 Å². The van der Waals surface area contributed by atoms with Crippen LogP contribution in [0.2, 0.25) is 0 Å². The molecule has 14 heteroatoms. The van der Waals surface area contributed by atoms with E-state index in [9.17, 15) is 22.4 Å². The highest BCUT2D eigenvalue weighted by atomic mass is 32.2. The monoisotopic (exact) mass is 636 g/mol. The Balaban J connectivity index is 1.15. The maximum Gasteiger partial charge on any atom is 0.251 e. The van der Waals surface area contributed by atoms with Crippen LogP contribution in [0.3, 0.4) is 0 Å². The standard InChI is InChI=1S/C30H29FN6O5S2/c31-23-7-9-24(10-8-23)37-27(33-34-30(37)43-20-28(38)36-14-13-21-3-1-2-4-26(21)36)19-32-29(39)22-5-11-25(12-6-22)44(40,41)35-15-17-42-18-16-35/h1-12H,13-20H2,(H,32,39). The summed E-state index contributed by atoms with van der Waals surface area (Å²) in [5.74, 6) is -0.431. The van der Waals surface area contributed by atoms with E-state index in [1.165, 1.54) is 52.5 Å². The number of halogens is 1. The Morgan fingerprint density at radius 2 is 1.66 bits per heavy atom. The minimum atomic E-state index is -3.68. The molecule has 0 saturated carbocycles. The lowest BCUT2D eigenvalue weighted by Crippen LogP contribution is -2.40. The van der Waals surface area contributed by atoms with Crippen molar-refractivity contribution in [2.45, 2.75) is 23.0 Å². The molecule has 1 fully saturated rings. The van der Waals surface area contributed by atoms with Crippen molar-refractivity contribution in [3.8, 4) is 5.69 Å². The molecule has 0 bridgehead atoms. The molecule has 2 amide bonds. The van der Waals surface area contributed by atoms with Gasteiger partial charge in [0, 0.05) is 36.6 Å². The smallest absolute Gasteiger partial charge is 0.251 e. The lowest BCUT2D eigenvalue weighted by atomic mass is 10.2. The van der Waals surface area contributed by atoms with Gasteiger partial charge in [-0.05, 0) is 66.6 Å². The van der Waals surface area contributed by atoms with E-state index in [4.69, 9.17) is 4.74 Å². The van der Waals surface area contributed by atoms with Gasteiger partial charge in [-0.3, -0.25) is 14.2 Å². The van der Waals surface area contributed by atoms with Crippen LogP contribution in [0, 0.1) is 5.82 Å². The van der Waals surface area contributed by atoms with Gasteiger partial charge in [0.15, 0.2) is 11.0 Å². The van der Waals surface area contributed by atoms with E-state index in [0.717, 1.165) is 17.7 Å². The molecule has 3 heterocycles. The number of nitrogens with zero attached hydrogens (tertiary/aromatic N) is 5. The maximum absolute atomic E-state index is 13.7. The molecule has 0 unspecified atom stereocenters. The predicted octanol–water partition coefficient (Wildman–Crippen LogP) is 3.04. The van der Waals surface area contributed by atoms with E-state index in [2.05, 4.69) is 15.5 Å². The van der Waals surface area contributed by atoms with E-state index in [-0.39, 0.29) is 41.8 Å². The number of carbonyl (C=O) groups is 2. The molecular weight excluding hydrogens is 607 g/mol. The highest BCUT2D eigenvalue weighted by molar-refractivity contribution is 7.99. The molecule has 1 saturated heterocycles. The number of para-hydroxylation sites is 1. The number of anilines is 1. The van der Waals surface area contributed by atoms with Crippen molar-refractivity contribution in [2.75, 3.05) is 43.5 Å². The molecule has 4 aromatic rings. The van der Waals surface area contributed by atoms with Crippen molar-refractivity contribution >= 4 is 39.3 Å². The quantitative estimate of drug-likeness (QED) is 0.278. The molecule has 1 N–H and O–H groups in total. The zero-order valence-electron chi connectivity index (χ0n) is 23.6. The fraction of sp³-hybridized carbons (Fsp3) is 0.267. The molecule has 2 aliphatic heterocycles. The summed E-state index contributed by atoms with van der Waals surface area (Å²) >= 11 is 1.21. The minimum absolute atomic E-state index is 0.0228. The zero-order valence-corrected chi connectivity index (χ0v) is 25.2. The largest absolute Gasteiger partial charge is 0.379 e. The minimum Gasteiger partial charge on any atom is -0.379 e. The number of sulfonamides is 1. The molecule has 228 valence electrons. The summed E-state index contributed by atoms with van der Waals surface area (Å²) < 4.78 is 47.8. The van der Waals surface area contributed by atoms with E-state index < -0.39 is 21.7 Å². The lowest BCUT2D eigenvalue weighted by Gasteiger charge is -2.26. The average Bonchev–Trinajstić information content (AvgIpc) is 3.68. The fourth-order valence-corrected chi connectivity index (χ4v) is 7.39. The fourth-order valence-electron chi connectivity index (χ4n) is 5.14. The number of hydrogen-bond donors (Lipinski definition) is 1. The Morgan fingerprint density at radius 3 is 2.41 bits per heavy atom. The highest BCUT2D eigenvalue weighted by Gasteiger charge is 2.27. The predicted molar refractivity (Wildman–Crippen MR) is 162 cm³/mol. The normalized spacial score (nSPS) is 15.2. The van der Waals surface area contributed by atoms with Crippen LogP contribution >= 0.6 is 11.8 Å². The van der Waals surface area contributed by atoms with Crippen LogP contribution in [-0.4, -0.2) is 77.9 Å². The lowest BCUT2D eigenvalue weighted by molar-refractivity contribution is -0.116. The van der Waals surface area contributed by atoms with Gasteiger partial charge in [0.05, 0.1) is 30.4 Å². The highest BCUT2D eigenvalue weighted by Crippen LogP contribution is 2.29. The van der Waals surface area contributed by atoms with Gasteiger partial charge in [0.25, 0.3) is 5.91 Å². The van der Waals surface area contributed by atoms with Crippen molar-refractivity contribution in [1.29, 1.82) is 0 Å². The first-order valence-corrected chi connectivity index (χ1v) is 16.4. The summed E-state index contributed by atoms with van der Waals surface area (Å²) in [7, 11) is -3.68. The molecule has 0 atom stereocenters. The number of fused-ring (bicyclic) bond motifs is 1. The summed E-state index contributed by atoms with van der Waals surface area (Å²) in [6.07, 6.45) is 0.800. The number of morpholine rings is 1. The van der Waals surface area contributed by atoms with Crippen LogP contribution in [0.15, 0.2) is 82.8 Å². The van der Waals surface area contributed by atoms with Crippen LogP contribution in [0.25, 0.3) is 5.69 Å². The van der Waals surface area contributed by atoms with Crippen LogP contribution in [-0.2, 0) is 32.5 Å². The summed E-state index contributed by atoms with van der Waals surface area (Å²) in [5, 5.41) is 11.7. The van der Waals surface area contributed by atoms with E-state index in [1.54, 1.807) is 21.6 Å². The van der Waals surface area contributed by atoms with Crippen molar-refractivity contribution < 1.29 is 27.1 Å². The average molecular weight is 637 g/mol. The number of thioether (sulfide) groups is 1. The SMILES string of the molecule is O=C(NCc1nnc(SCC(=O)N2CCc3ccccc32)n1-c1ccc(F)cc1)c1ccc(S(=O)(=O)N2CCOCC2)cc1. The Bertz CT molecular complexity index is 1770. The third kappa shape index (κ3) is 6.24. The molecule has 3 aromatic carbocycles. The summed E-state index contributed by atoms with van der Waals surface area (Å²) in [5.41, 5.74) is 2.88. The second-order valence-corrected chi connectivity index (χ2v) is 13.0. The number of ether oxygens (including phenoxy) is 1. The van der Waals surface area contributed by atoms with Crippen molar-refractivity contribution in [1.82, 2.24) is 24.4 Å². The van der Waals surface area contributed by atoms with Gasteiger partial charge >= 0.3 is 0 Å². The van der Waals surface area contributed by atoms with Gasteiger partial charge in [-0.15, -0.1) is 10.2 Å². The number of carbonyl (C=O) groups excluding carboxylic acids is 2. The van der Waals surface area contributed by atoms with E-state index >= 15 is 0 Å². The Labute approximate surface area is 258 Å². The molecule has 0 spiro atoms. The Morgan fingerprint density at radius 1 is 0.932 bits per heavy atom. The molecule has 0 radical (unpaired) electrons. The number of aromatic nitrogens is 3. The molecule has 6 rings (SSSR count). The van der Waals surface area contributed by atoms with Gasteiger partial charge in [-0.1, -0.05) is 30.0 Å². The van der Waals surface area contributed by atoms with Crippen LogP contribution in [0.5, 0.6) is 0 Å². The summed E-state index contributed by atoms with van der Waals surface area (Å²) in [6.45, 7) is 1.82. The molecular formula is C30H29FN6O5S2. The number of amides is 2. The zero-order chi connectivity index (χ0) is 30.7. The number of nitrogens with one attached hydrogen (secondary N) is 1. The van der Waals surface area contributed by atoms with Gasteiger partial charge in [0.2, 0.25) is 15.9 Å². The Hall–Kier alpha value is -4.11. The van der Waals surface area contributed by atoms with Gasteiger partial charge < -0.3 is 15.0 Å². The van der Waals surface area contributed by atoms with Crippen LogP contribution in [0.1, 0.15) is 21.7 Å². The molecule has 2 aliphatic rings. The third-order valence-electron chi connectivity index (χ3n) is 7.43. The topological polar surface area (TPSA) is 127 Å². The van der Waals surface area contributed by atoms with Crippen molar-refractivity contribution in [3.63, 3.8) is 0 Å². The molecule has 11 nitrogen and oxygen atoms in total. The number of rotatable bonds is 9. The molecule has 1 aromatic heterocycles. The third-order valence-corrected chi connectivity index (χ3v) is 10.3. The first-order chi connectivity index (χ1) is 21.3. The number of hydrogen-bond acceptors (Lipinski definition) is 8. The van der Waals surface area contributed by atoms with Gasteiger partial charge in [-0.25, -0.2) is 12.8 Å². The number of benzene rings is 3. The molecule has 0 aliphatic carbocycles. The second-order valence-electron chi connectivity index (χ2n) is 10.1. The van der Waals surface area contributed by atoms with E-state index in [1.807, 2.05) is 24.3 Å². The van der Waals surface area contributed by atoms with Crippen molar-refractivity contribution in [2.24, 2.45) is 0 Å². The maximum atomic E-state index is 13.7. The first-order valence-electron chi connectivity index (χ1n) is 14.0. The van der Waals surface area contributed by atoms with Gasteiger partial charge in [-0.2, -0.15) is 4.31 Å². The summed E-state index contributed by atoms with van der Waals surface area (Å²) in [4.78, 5) is 28.0. The second kappa shape index (κ2) is 12.9. The first kappa shape index (κ1) is 29.9. The summed E-state index contributed by atoms with van der Waals surface area (Å²) in [6, 6.07) is 19.3. The van der Waals surface area contributed by atoms with Gasteiger partial charge in [0.1, 0.15) is 5.82 Å². The molecule has 44 heavy (non-hydrogen) atoms. The van der Waals surface area contributed by atoms with Crippen LogP contribution in [0.4, 0.5) is 10.1 Å².